The second-order valence-corrected chi connectivity index (χ2v) is 11.1. The molecule has 7 nitrogen and oxygen atoms in total. The lowest BCUT2D eigenvalue weighted by molar-refractivity contribution is -0.124. The number of aromatic amines is 1. The second kappa shape index (κ2) is 14.5. The van der Waals surface area contributed by atoms with E-state index in [1.165, 1.54) is 34.4 Å². The number of nitrogens with one attached hydrogen (secondary N) is 2. The van der Waals surface area contributed by atoms with Gasteiger partial charge < -0.3 is 14.6 Å². The number of ether oxygens (including phenoxy) is 1. The Hall–Kier alpha value is -3.98. The van der Waals surface area contributed by atoms with Gasteiger partial charge >= 0.3 is 0 Å². The fraction of sp³-hybridized carbons (Fsp3) is 0.343. The number of aryl methyl sites for hydroxylation is 1. The number of carbonyl (C=O) groups is 1. The van der Waals surface area contributed by atoms with Crippen LogP contribution in [0.4, 0.5) is 4.39 Å². The summed E-state index contributed by atoms with van der Waals surface area (Å²) in [7, 11) is 0. The molecule has 0 radical (unpaired) electrons. The number of fused-ring (bicyclic) bond motifs is 2. The zero-order valence-electron chi connectivity index (χ0n) is 25.0. The fourth-order valence-electron chi connectivity index (χ4n) is 6.04. The Balaban J connectivity index is 1.33. The van der Waals surface area contributed by atoms with E-state index < -0.39 is 5.91 Å². The van der Waals surface area contributed by atoms with Crippen molar-refractivity contribution in [1.29, 1.82) is 0 Å². The summed E-state index contributed by atoms with van der Waals surface area (Å²) in [5.74, 6) is 0.0943. The molecule has 1 aromatic heterocycles. The van der Waals surface area contributed by atoms with Crippen molar-refractivity contribution in [2.24, 2.45) is 0 Å². The van der Waals surface area contributed by atoms with Gasteiger partial charge in [0.1, 0.15) is 18.2 Å². The highest BCUT2D eigenvalue weighted by Crippen LogP contribution is 2.38. The summed E-state index contributed by atoms with van der Waals surface area (Å²) < 4.78 is 19.8. The van der Waals surface area contributed by atoms with E-state index in [0.717, 1.165) is 74.2 Å². The van der Waals surface area contributed by atoms with Crippen LogP contribution >= 0.6 is 0 Å². The number of hydrogen-bond acceptors (Lipinski definition) is 5. The van der Waals surface area contributed by atoms with Gasteiger partial charge in [-0.3, -0.25) is 14.9 Å². The molecule has 4 aromatic rings. The summed E-state index contributed by atoms with van der Waals surface area (Å²) in [6.07, 6.45) is 7.83. The highest BCUT2D eigenvalue weighted by molar-refractivity contribution is 5.90. The van der Waals surface area contributed by atoms with Gasteiger partial charge in [0.25, 0.3) is 5.91 Å². The Morgan fingerprint density at radius 3 is 2.67 bits per heavy atom. The molecule has 0 saturated carbocycles. The zero-order chi connectivity index (χ0) is 30.2. The smallest absolute Gasteiger partial charge is 0.267 e. The van der Waals surface area contributed by atoms with E-state index in [0.29, 0.717) is 6.61 Å². The predicted octanol–water partition coefficient (Wildman–Crippen LogP) is 6.28. The minimum Gasteiger partial charge on any atom is -0.492 e. The average Bonchev–Trinajstić information content (AvgIpc) is 3.64. The number of benzene rings is 3. The van der Waals surface area contributed by atoms with Crippen molar-refractivity contribution in [2.75, 3.05) is 32.8 Å². The molecular weight excluding hydrogens is 543 g/mol. The van der Waals surface area contributed by atoms with Crippen molar-refractivity contribution >= 4 is 22.9 Å². The molecule has 1 heterocycles. The van der Waals surface area contributed by atoms with Crippen molar-refractivity contribution in [1.82, 2.24) is 20.3 Å². The molecule has 1 amide bonds. The Bertz CT molecular complexity index is 1540. The van der Waals surface area contributed by atoms with E-state index in [1.807, 2.05) is 18.3 Å². The number of halogens is 1. The maximum Gasteiger partial charge on any atom is 0.267 e. The molecule has 43 heavy (non-hydrogen) atoms. The first-order valence-corrected chi connectivity index (χ1v) is 15.2. The van der Waals surface area contributed by atoms with E-state index in [-0.39, 0.29) is 11.9 Å². The first kappa shape index (κ1) is 30.5. The van der Waals surface area contributed by atoms with E-state index in [1.54, 1.807) is 17.6 Å². The van der Waals surface area contributed by atoms with E-state index >= 15 is 0 Å². The lowest BCUT2D eigenvalue weighted by Gasteiger charge is -2.30. The molecule has 0 spiro atoms. The van der Waals surface area contributed by atoms with Crippen molar-refractivity contribution in [3.05, 3.63) is 107 Å². The maximum atomic E-state index is 13.8. The van der Waals surface area contributed by atoms with Crippen LogP contribution < -0.4 is 10.2 Å². The van der Waals surface area contributed by atoms with Crippen LogP contribution in [0, 0.1) is 5.82 Å². The number of aromatic nitrogens is 1. The monoisotopic (exact) mass is 584 g/mol. The number of hydrogen-bond donors (Lipinski definition) is 3. The van der Waals surface area contributed by atoms with Crippen molar-refractivity contribution in [3.63, 3.8) is 0 Å². The molecule has 0 aliphatic heterocycles. The van der Waals surface area contributed by atoms with Gasteiger partial charge in [0.05, 0.1) is 0 Å². The summed E-state index contributed by atoms with van der Waals surface area (Å²) in [4.78, 5) is 19.6. The van der Waals surface area contributed by atoms with E-state index in [4.69, 9.17) is 9.94 Å². The molecule has 1 aliphatic rings. The molecule has 226 valence electrons. The first-order chi connectivity index (χ1) is 21.0. The van der Waals surface area contributed by atoms with Gasteiger partial charge in [-0.2, -0.15) is 0 Å². The number of likely N-dealkylation sites (N-methyl/N-ethyl adjacent to an activating group) is 1. The van der Waals surface area contributed by atoms with Gasteiger partial charge in [0, 0.05) is 48.9 Å². The van der Waals surface area contributed by atoms with E-state index in [2.05, 4.69) is 65.0 Å². The number of hydroxylamine groups is 1. The quantitative estimate of drug-likeness (QED) is 0.0924. The van der Waals surface area contributed by atoms with Crippen LogP contribution in [-0.2, 0) is 24.2 Å². The van der Waals surface area contributed by atoms with Crippen molar-refractivity contribution in [3.8, 4) is 5.75 Å². The third-order valence-electron chi connectivity index (χ3n) is 8.47. The Kier molecular flexibility index (Phi) is 10.3. The number of H-pyrrole nitrogens is 1. The number of amides is 1. The Morgan fingerprint density at radius 1 is 1.09 bits per heavy atom. The topological polar surface area (TPSA) is 80.8 Å². The van der Waals surface area contributed by atoms with Crippen LogP contribution in [0.25, 0.3) is 17.0 Å². The van der Waals surface area contributed by atoms with Crippen LogP contribution in [-0.4, -0.2) is 58.7 Å². The van der Waals surface area contributed by atoms with Crippen LogP contribution in [0.5, 0.6) is 5.75 Å². The van der Waals surface area contributed by atoms with Gasteiger partial charge in [-0.25, -0.2) is 9.87 Å². The zero-order valence-corrected chi connectivity index (χ0v) is 25.0. The second-order valence-electron chi connectivity index (χ2n) is 11.1. The van der Waals surface area contributed by atoms with Gasteiger partial charge in [0.15, 0.2) is 0 Å². The van der Waals surface area contributed by atoms with Gasteiger partial charge in [-0.05, 0) is 96.6 Å². The standard InChI is InChI=1S/C35H41FN4O3/c1-3-39(4-2)19-20-43-30-11-5-26(6-12-30)24-40(18-17-28-23-37-33-22-29(36)10-14-31(28)33)34-15-9-27-21-25(7-13-32(27)34)8-16-35(41)38-42/h5-8,10-14,16,21-23,34,37,42H,3-4,9,15,17-20,24H2,1-2H3,(H,38,41)/b16-8+. The SMILES string of the molecule is CCN(CC)CCOc1ccc(CN(CCc2c[nH]c3cc(F)ccc23)C2CCc3cc(/C=C/C(=O)NO)ccc32)cc1. The molecule has 1 unspecified atom stereocenters. The summed E-state index contributed by atoms with van der Waals surface area (Å²) >= 11 is 0. The summed E-state index contributed by atoms with van der Waals surface area (Å²) in [5, 5.41) is 9.84. The molecule has 5 rings (SSSR count). The van der Waals surface area contributed by atoms with Crippen LogP contribution in [0.15, 0.2) is 72.9 Å². The molecule has 3 N–H and O–H groups in total. The molecule has 1 atom stereocenters. The Labute approximate surface area is 252 Å². The summed E-state index contributed by atoms with van der Waals surface area (Å²) in [6.45, 7) is 9.59. The van der Waals surface area contributed by atoms with Crippen LogP contribution in [0.2, 0.25) is 0 Å². The molecule has 1 aliphatic carbocycles. The molecule has 0 saturated heterocycles. The van der Waals surface area contributed by atoms with Crippen molar-refractivity contribution in [2.45, 2.75) is 45.7 Å². The summed E-state index contributed by atoms with van der Waals surface area (Å²) in [5.41, 5.74) is 8.37. The Morgan fingerprint density at radius 2 is 1.91 bits per heavy atom. The average molecular weight is 585 g/mol. The largest absolute Gasteiger partial charge is 0.492 e. The van der Waals surface area contributed by atoms with Gasteiger partial charge in [-0.1, -0.05) is 44.2 Å². The lowest BCUT2D eigenvalue weighted by atomic mass is 10.0. The molecule has 0 bridgehead atoms. The van der Waals surface area contributed by atoms with Crippen LogP contribution in [0.3, 0.4) is 0 Å². The minimum atomic E-state index is -0.551. The molecular formula is C35H41FN4O3. The lowest BCUT2D eigenvalue weighted by Crippen LogP contribution is -2.29. The molecule has 3 aromatic carbocycles. The van der Waals surface area contributed by atoms with Crippen LogP contribution in [0.1, 0.15) is 54.1 Å². The molecule has 8 heteroatoms. The maximum absolute atomic E-state index is 13.8. The normalized spacial score (nSPS) is 14.7. The number of nitrogens with zero attached hydrogens (tertiary/aromatic N) is 2. The van der Waals surface area contributed by atoms with Crippen molar-refractivity contribution < 1.29 is 19.1 Å². The number of rotatable bonds is 14. The summed E-state index contributed by atoms with van der Waals surface area (Å²) in [6, 6.07) is 19.9. The third-order valence-corrected chi connectivity index (χ3v) is 8.47. The molecule has 0 fully saturated rings. The number of carbonyl (C=O) groups excluding carboxylic acids is 1. The van der Waals surface area contributed by atoms with Gasteiger partial charge in [0.2, 0.25) is 0 Å². The van der Waals surface area contributed by atoms with Gasteiger partial charge in [-0.15, -0.1) is 0 Å². The first-order valence-electron chi connectivity index (χ1n) is 15.2. The fourth-order valence-corrected chi connectivity index (χ4v) is 6.04. The predicted molar refractivity (Wildman–Crippen MR) is 169 cm³/mol. The highest BCUT2D eigenvalue weighted by Gasteiger charge is 2.28. The minimum absolute atomic E-state index is 0.239. The third kappa shape index (κ3) is 7.70. The van der Waals surface area contributed by atoms with E-state index in [9.17, 15) is 9.18 Å². The highest BCUT2D eigenvalue weighted by atomic mass is 19.1.